The fourth-order valence-corrected chi connectivity index (χ4v) is 9.46. The number of ether oxygens (including phenoxy) is 3. The minimum absolute atomic E-state index is 0.0723. The molecule has 0 aromatic heterocycles. The second-order valence-corrected chi connectivity index (χ2v) is 21.3. The third-order valence-electron chi connectivity index (χ3n) is 14.2. The number of hydrogen-bond donors (Lipinski definition) is 0. The van der Waals surface area contributed by atoms with Gasteiger partial charge >= 0.3 is 17.9 Å². The number of esters is 3. The molecular formula is C65H120O6. The van der Waals surface area contributed by atoms with Crippen LogP contribution >= 0.6 is 0 Å². The van der Waals surface area contributed by atoms with Crippen LogP contribution in [0, 0.1) is 0 Å². The van der Waals surface area contributed by atoms with Crippen LogP contribution in [0.4, 0.5) is 0 Å². The molecule has 0 aromatic rings. The van der Waals surface area contributed by atoms with Gasteiger partial charge in [-0.1, -0.05) is 308 Å². The minimum atomic E-state index is -0.776. The van der Waals surface area contributed by atoms with Gasteiger partial charge in [-0.05, 0) is 51.4 Å². The van der Waals surface area contributed by atoms with Crippen molar-refractivity contribution in [3.8, 4) is 0 Å². The van der Waals surface area contributed by atoms with Crippen molar-refractivity contribution in [1.82, 2.24) is 0 Å². The van der Waals surface area contributed by atoms with Crippen molar-refractivity contribution in [2.75, 3.05) is 13.2 Å². The Bertz CT molecular complexity index is 1190. The first-order valence-corrected chi connectivity index (χ1v) is 31.5. The largest absolute Gasteiger partial charge is 0.462 e. The molecule has 6 heteroatoms. The molecule has 0 saturated heterocycles. The lowest BCUT2D eigenvalue weighted by Crippen LogP contribution is -2.30. The predicted molar refractivity (Wildman–Crippen MR) is 307 cm³/mol. The summed E-state index contributed by atoms with van der Waals surface area (Å²) < 4.78 is 16.9. The lowest BCUT2D eigenvalue weighted by Gasteiger charge is -2.18. The summed E-state index contributed by atoms with van der Waals surface area (Å²) in [6.45, 7) is 6.58. The molecule has 0 saturated carbocycles. The zero-order valence-electron chi connectivity index (χ0n) is 47.8. The molecule has 0 N–H and O–H groups in total. The molecule has 0 spiro atoms. The van der Waals surface area contributed by atoms with Gasteiger partial charge in [-0.15, -0.1) is 0 Å². The van der Waals surface area contributed by atoms with Crippen LogP contribution < -0.4 is 0 Å². The van der Waals surface area contributed by atoms with E-state index in [0.29, 0.717) is 19.3 Å². The van der Waals surface area contributed by atoms with Crippen LogP contribution in [0.15, 0.2) is 36.5 Å². The summed E-state index contributed by atoms with van der Waals surface area (Å²) in [5, 5.41) is 0. The zero-order chi connectivity index (χ0) is 51.4. The first kappa shape index (κ1) is 68.6. The van der Waals surface area contributed by atoms with Crippen molar-refractivity contribution >= 4 is 17.9 Å². The Morgan fingerprint density at radius 1 is 0.296 bits per heavy atom. The molecule has 0 aliphatic rings. The van der Waals surface area contributed by atoms with Gasteiger partial charge < -0.3 is 14.2 Å². The van der Waals surface area contributed by atoms with Crippen molar-refractivity contribution in [2.24, 2.45) is 0 Å². The van der Waals surface area contributed by atoms with Crippen LogP contribution in [0.25, 0.3) is 0 Å². The summed E-state index contributed by atoms with van der Waals surface area (Å²) in [5.41, 5.74) is 0. The molecule has 0 heterocycles. The second kappa shape index (κ2) is 60.2. The highest BCUT2D eigenvalue weighted by Gasteiger charge is 2.19. The van der Waals surface area contributed by atoms with E-state index >= 15 is 0 Å². The predicted octanol–water partition coefficient (Wildman–Crippen LogP) is 21.2. The molecule has 0 bridgehead atoms. The van der Waals surface area contributed by atoms with E-state index < -0.39 is 6.10 Å². The Morgan fingerprint density at radius 3 is 0.859 bits per heavy atom. The van der Waals surface area contributed by atoms with E-state index in [0.717, 1.165) is 96.3 Å². The van der Waals surface area contributed by atoms with E-state index in [2.05, 4.69) is 57.2 Å². The van der Waals surface area contributed by atoms with Crippen LogP contribution in [-0.4, -0.2) is 37.2 Å². The molecule has 0 aromatic carbocycles. The molecular weight excluding hydrogens is 877 g/mol. The van der Waals surface area contributed by atoms with Gasteiger partial charge in [0.05, 0.1) is 0 Å². The Morgan fingerprint density at radius 2 is 0.549 bits per heavy atom. The van der Waals surface area contributed by atoms with Crippen LogP contribution in [0.2, 0.25) is 0 Å². The van der Waals surface area contributed by atoms with Gasteiger partial charge in [0.1, 0.15) is 13.2 Å². The molecule has 416 valence electrons. The molecule has 1 atom stereocenters. The topological polar surface area (TPSA) is 78.9 Å². The van der Waals surface area contributed by atoms with Gasteiger partial charge in [0.15, 0.2) is 6.10 Å². The smallest absolute Gasteiger partial charge is 0.306 e. The standard InChI is InChI=1S/C65H120O6/c1-4-7-10-13-16-19-22-25-28-30-31-32-33-35-38-41-44-47-50-53-56-59-65(68)71-62(60-69-63(66)57-54-51-48-45-42-39-36-27-24-21-18-15-12-9-6-3)61-70-64(67)58-55-52-49-46-43-40-37-34-29-26-23-20-17-14-11-8-5-2/h9,12,18,21,27,36,62H,4-8,10-11,13-17,19-20,22-26,28-35,37-61H2,1-3H3/b12-9-,21-18-,36-27-/t62-/m1/s1. The van der Waals surface area contributed by atoms with E-state index in [-0.39, 0.29) is 31.1 Å². The maximum Gasteiger partial charge on any atom is 0.306 e. The number of allylic oxidation sites excluding steroid dienone is 6. The molecule has 0 unspecified atom stereocenters. The molecule has 0 fully saturated rings. The number of carbonyl (C=O) groups is 3. The number of rotatable bonds is 58. The fraction of sp³-hybridized carbons (Fsp3) is 0.862. The second-order valence-electron chi connectivity index (χ2n) is 21.3. The Balaban J connectivity index is 4.31. The minimum Gasteiger partial charge on any atom is -0.462 e. The number of carbonyl (C=O) groups excluding carboxylic acids is 3. The number of hydrogen-bond acceptors (Lipinski definition) is 6. The normalized spacial score (nSPS) is 12.2. The van der Waals surface area contributed by atoms with Crippen LogP contribution in [-0.2, 0) is 28.6 Å². The van der Waals surface area contributed by atoms with Crippen molar-refractivity contribution in [1.29, 1.82) is 0 Å². The number of unbranched alkanes of at least 4 members (excludes halogenated alkanes) is 41. The molecule has 0 aliphatic heterocycles. The van der Waals surface area contributed by atoms with Gasteiger partial charge in [0, 0.05) is 19.3 Å². The van der Waals surface area contributed by atoms with E-state index in [1.54, 1.807) is 0 Å². The first-order valence-electron chi connectivity index (χ1n) is 31.5. The summed E-state index contributed by atoms with van der Waals surface area (Å²) in [6.07, 6.45) is 72.9. The van der Waals surface area contributed by atoms with Crippen molar-refractivity contribution in [2.45, 2.75) is 348 Å². The summed E-state index contributed by atoms with van der Waals surface area (Å²) >= 11 is 0. The molecule has 0 radical (unpaired) electrons. The monoisotopic (exact) mass is 997 g/mol. The summed E-state index contributed by atoms with van der Waals surface area (Å²) in [7, 11) is 0. The van der Waals surface area contributed by atoms with E-state index in [9.17, 15) is 14.4 Å². The maximum atomic E-state index is 12.9. The highest BCUT2D eigenvalue weighted by atomic mass is 16.6. The van der Waals surface area contributed by atoms with Gasteiger partial charge in [0.2, 0.25) is 0 Å². The average Bonchev–Trinajstić information content (AvgIpc) is 3.37. The van der Waals surface area contributed by atoms with Gasteiger partial charge in [-0.2, -0.15) is 0 Å². The molecule has 6 nitrogen and oxygen atoms in total. The molecule has 71 heavy (non-hydrogen) atoms. The quantitative estimate of drug-likeness (QED) is 0.0261. The highest BCUT2D eigenvalue weighted by Crippen LogP contribution is 2.18. The van der Waals surface area contributed by atoms with E-state index in [4.69, 9.17) is 14.2 Å². The Kier molecular flexibility index (Phi) is 58.2. The third kappa shape index (κ3) is 58.4. The van der Waals surface area contributed by atoms with Crippen LogP contribution in [0.3, 0.4) is 0 Å². The zero-order valence-corrected chi connectivity index (χ0v) is 47.8. The van der Waals surface area contributed by atoms with E-state index in [1.807, 2.05) is 0 Å². The van der Waals surface area contributed by atoms with Crippen LogP contribution in [0.5, 0.6) is 0 Å². The van der Waals surface area contributed by atoms with Crippen molar-refractivity contribution in [3.63, 3.8) is 0 Å². The first-order chi connectivity index (χ1) is 35.0. The highest BCUT2D eigenvalue weighted by molar-refractivity contribution is 5.71. The lowest BCUT2D eigenvalue weighted by molar-refractivity contribution is -0.167. The Labute approximate surface area is 442 Å². The van der Waals surface area contributed by atoms with Gasteiger partial charge in [-0.3, -0.25) is 14.4 Å². The molecule has 0 rings (SSSR count). The fourth-order valence-electron chi connectivity index (χ4n) is 9.46. The third-order valence-corrected chi connectivity index (χ3v) is 14.2. The summed E-state index contributed by atoms with van der Waals surface area (Å²) in [4.78, 5) is 38.3. The Hall–Kier alpha value is -2.37. The summed E-state index contributed by atoms with van der Waals surface area (Å²) in [6, 6.07) is 0. The SMILES string of the molecule is CC/C=C\C/C=C\C/C=C\CCCCCCCC(=O)OC[C@H](COC(=O)CCCCCCCCCCCCCCCCCCC)OC(=O)CCCCCCCCCCCCCCCCCCCCCCC. The van der Waals surface area contributed by atoms with E-state index in [1.165, 1.54) is 205 Å². The summed E-state index contributed by atoms with van der Waals surface area (Å²) in [5.74, 6) is -0.865. The maximum absolute atomic E-state index is 12.9. The molecule has 0 aliphatic carbocycles. The van der Waals surface area contributed by atoms with Crippen molar-refractivity contribution in [3.05, 3.63) is 36.5 Å². The van der Waals surface area contributed by atoms with Gasteiger partial charge in [-0.25, -0.2) is 0 Å². The van der Waals surface area contributed by atoms with Crippen LogP contribution in [0.1, 0.15) is 342 Å². The van der Waals surface area contributed by atoms with Gasteiger partial charge in [0.25, 0.3) is 0 Å². The lowest BCUT2D eigenvalue weighted by atomic mass is 10.0. The van der Waals surface area contributed by atoms with Crippen molar-refractivity contribution < 1.29 is 28.6 Å². The molecule has 0 amide bonds. The average molecular weight is 998 g/mol.